The summed E-state index contributed by atoms with van der Waals surface area (Å²) in [5, 5.41) is 11.4. The number of aromatic amines is 1. The fourth-order valence-corrected chi connectivity index (χ4v) is 8.68. The van der Waals surface area contributed by atoms with E-state index in [4.69, 9.17) is 34.7 Å². The number of benzene rings is 4. The summed E-state index contributed by atoms with van der Waals surface area (Å²) in [7, 11) is 1.57. The molecule has 0 aliphatic carbocycles. The van der Waals surface area contributed by atoms with Crippen LogP contribution in [0.4, 0.5) is 0 Å². The van der Waals surface area contributed by atoms with Gasteiger partial charge in [0.2, 0.25) is 17.7 Å². The smallest absolute Gasteiger partial charge is 0.245 e. The normalized spacial score (nSPS) is 13.0. The van der Waals surface area contributed by atoms with E-state index in [9.17, 15) is 14.4 Å². The SMILES string of the molecule is Cc1cc(Cl)cc(Cl)c1Sc1ncccc1CN[C@@H](Cc1ccc2ccccc2c1)C(=O)N[C@@H](CCCCN)C(=O)N(C)[C@@H](Cc1c[nH]c2ccccc12)C(N)=O. The fourth-order valence-electron chi connectivity index (χ4n) is 7.02. The van der Waals surface area contributed by atoms with Gasteiger partial charge in [-0.15, -0.1) is 0 Å². The van der Waals surface area contributed by atoms with Crippen LogP contribution >= 0.6 is 35.0 Å². The second-order valence-electron chi connectivity index (χ2n) is 14.2. The molecular weight excluding hydrogens is 778 g/mol. The molecule has 0 radical (unpaired) electrons. The Morgan fingerprint density at radius 2 is 1.67 bits per heavy atom. The number of carbonyl (C=O) groups excluding carboxylic acids is 3. The minimum atomic E-state index is -0.948. The molecule has 2 aromatic heterocycles. The molecule has 3 atom stereocenters. The maximum absolute atomic E-state index is 14.5. The first-order chi connectivity index (χ1) is 27.5. The number of nitrogens with two attached hydrogens (primary N) is 2. The highest BCUT2D eigenvalue weighted by atomic mass is 35.5. The number of hydrogen-bond acceptors (Lipinski definition) is 7. The summed E-state index contributed by atoms with van der Waals surface area (Å²) < 4.78 is 0. The van der Waals surface area contributed by atoms with Crippen molar-refractivity contribution < 1.29 is 14.4 Å². The zero-order chi connectivity index (χ0) is 40.5. The van der Waals surface area contributed by atoms with Gasteiger partial charge in [0.15, 0.2) is 0 Å². The summed E-state index contributed by atoms with van der Waals surface area (Å²) in [4.78, 5) is 51.8. The highest BCUT2D eigenvalue weighted by Crippen LogP contribution is 2.38. The molecule has 6 rings (SSSR count). The van der Waals surface area contributed by atoms with Crippen molar-refractivity contribution in [3.8, 4) is 0 Å². The maximum atomic E-state index is 14.5. The number of nitrogens with one attached hydrogen (secondary N) is 3. The molecule has 0 saturated heterocycles. The molecule has 10 nitrogen and oxygen atoms in total. The van der Waals surface area contributed by atoms with Crippen LogP contribution in [0.25, 0.3) is 21.7 Å². The number of carbonyl (C=O) groups is 3. The zero-order valence-corrected chi connectivity index (χ0v) is 34.3. The number of nitrogens with zero attached hydrogens (tertiary/aromatic N) is 2. The molecule has 3 amide bonds. The summed E-state index contributed by atoms with van der Waals surface area (Å²) in [6, 6.07) is 26.7. The van der Waals surface area contributed by atoms with Crippen LogP contribution in [0.2, 0.25) is 10.0 Å². The van der Waals surface area contributed by atoms with E-state index >= 15 is 0 Å². The lowest BCUT2D eigenvalue weighted by atomic mass is 9.99. The molecule has 296 valence electrons. The third-order valence-electron chi connectivity index (χ3n) is 10.1. The number of amides is 3. The molecule has 0 unspecified atom stereocenters. The highest BCUT2D eigenvalue weighted by Gasteiger charge is 2.33. The molecule has 6 aromatic rings. The van der Waals surface area contributed by atoms with Crippen LogP contribution < -0.4 is 22.1 Å². The van der Waals surface area contributed by atoms with Crippen molar-refractivity contribution in [2.75, 3.05) is 13.6 Å². The number of primary amides is 1. The fraction of sp³-hybridized carbons (Fsp3) is 0.273. The lowest BCUT2D eigenvalue weighted by Crippen LogP contribution is -2.57. The number of aryl methyl sites for hydroxylation is 1. The lowest BCUT2D eigenvalue weighted by Gasteiger charge is -2.31. The summed E-state index contributed by atoms with van der Waals surface area (Å²) in [6.45, 7) is 2.68. The molecule has 13 heteroatoms. The van der Waals surface area contributed by atoms with Gasteiger partial charge in [0, 0.05) is 53.2 Å². The number of likely N-dealkylation sites (N-methyl/N-ethyl adjacent to an activating group) is 1. The summed E-state index contributed by atoms with van der Waals surface area (Å²) in [5.41, 5.74) is 16.3. The van der Waals surface area contributed by atoms with E-state index < -0.39 is 29.9 Å². The standard InChI is InChI=1S/C44H47Cl2N7O3S/c1-27-20-33(45)24-35(46)40(27)57-43-31(12-9-19-49-43)25-51-38(22-28-16-17-29-10-3-4-11-30(29)21-28)42(55)52-37(15-7-8-18-47)44(56)53(2)39(41(48)54)23-32-26-50-36-14-6-5-13-34(32)36/h3-6,9-14,16-17,19-21,24,26,37-39,50-51H,7-8,15,18,22-23,25,47H2,1-2H3,(H2,48,54)(H,52,55)/t37-,38-,39-/m0/s1. The van der Waals surface area contributed by atoms with Crippen molar-refractivity contribution in [2.45, 2.75) is 73.6 Å². The molecule has 57 heavy (non-hydrogen) atoms. The molecular formula is C44H47Cl2N7O3S. The van der Waals surface area contributed by atoms with Crippen LogP contribution in [0.1, 0.15) is 41.5 Å². The largest absolute Gasteiger partial charge is 0.368 e. The van der Waals surface area contributed by atoms with Crippen molar-refractivity contribution in [1.29, 1.82) is 0 Å². The molecule has 2 heterocycles. The number of rotatable bonds is 18. The van der Waals surface area contributed by atoms with Crippen molar-refractivity contribution in [3.63, 3.8) is 0 Å². The van der Waals surface area contributed by atoms with Gasteiger partial charge in [-0.2, -0.15) is 0 Å². The van der Waals surface area contributed by atoms with E-state index in [1.165, 1.54) is 16.7 Å². The second-order valence-corrected chi connectivity index (χ2v) is 16.0. The Morgan fingerprint density at radius 3 is 2.44 bits per heavy atom. The number of halogens is 2. The van der Waals surface area contributed by atoms with E-state index in [0.29, 0.717) is 48.8 Å². The average molecular weight is 825 g/mol. The summed E-state index contributed by atoms with van der Waals surface area (Å²) in [5.74, 6) is -1.40. The Labute approximate surface area is 347 Å². The minimum absolute atomic E-state index is 0.212. The highest BCUT2D eigenvalue weighted by molar-refractivity contribution is 7.99. The number of hydrogen-bond donors (Lipinski definition) is 5. The predicted octanol–water partition coefficient (Wildman–Crippen LogP) is 7.35. The number of aromatic nitrogens is 2. The van der Waals surface area contributed by atoms with Gasteiger partial charge in [-0.25, -0.2) is 4.98 Å². The van der Waals surface area contributed by atoms with Gasteiger partial charge in [0.25, 0.3) is 0 Å². The van der Waals surface area contributed by atoms with E-state index in [1.807, 2.05) is 92.0 Å². The van der Waals surface area contributed by atoms with Crippen molar-refractivity contribution in [1.82, 2.24) is 25.5 Å². The van der Waals surface area contributed by atoms with Gasteiger partial charge in [0.05, 0.1) is 11.1 Å². The number of fused-ring (bicyclic) bond motifs is 2. The topological polar surface area (TPSA) is 159 Å². The van der Waals surface area contributed by atoms with Crippen molar-refractivity contribution in [2.24, 2.45) is 11.5 Å². The summed E-state index contributed by atoms with van der Waals surface area (Å²) >= 11 is 14.3. The molecule has 4 aromatic carbocycles. The predicted molar refractivity (Wildman–Crippen MR) is 230 cm³/mol. The lowest BCUT2D eigenvalue weighted by molar-refractivity contribution is -0.141. The third-order valence-corrected chi connectivity index (χ3v) is 12.1. The van der Waals surface area contributed by atoms with Gasteiger partial charge in [-0.3, -0.25) is 14.4 Å². The molecule has 0 aliphatic heterocycles. The van der Waals surface area contributed by atoms with Crippen molar-refractivity contribution >= 4 is 74.4 Å². The number of pyridine rings is 1. The Morgan fingerprint density at radius 1 is 0.895 bits per heavy atom. The van der Waals surface area contributed by atoms with Gasteiger partial charge in [0.1, 0.15) is 17.1 Å². The Balaban J connectivity index is 1.26. The Bertz CT molecular complexity index is 2350. The van der Waals surface area contributed by atoms with Crippen LogP contribution in [0.5, 0.6) is 0 Å². The molecule has 7 N–H and O–H groups in total. The van der Waals surface area contributed by atoms with E-state index in [2.05, 4.69) is 26.7 Å². The van der Waals surface area contributed by atoms with Crippen LogP contribution in [-0.4, -0.2) is 64.3 Å². The van der Waals surface area contributed by atoms with Crippen molar-refractivity contribution in [3.05, 3.63) is 136 Å². The number of para-hydroxylation sites is 1. The van der Waals surface area contributed by atoms with E-state index in [1.54, 1.807) is 19.3 Å². The number of unbranched alkanes of at least 4 members (excludes halogenated alkanes) is 1. The first-order valence-electron chi connectivity index (χ1n) is 18.9. The first-order valence-corrected chi connectivity index (χ1v) is 20.5. The molecule has 0 fully saturated rings. The summed E-state index contributed by atoms with van der Waals surface area (Å²) in [6.07, 6.45) is 5.69. The van der Waals surface area contributed by atoms with Crippen LogP contribution in [-0.2, 0) is 33.8 Å². The van der Waals surface area contributed by atoms with Crippen LogP contribution in [0, 0.1) is 6.92 Å². The third kappa shape index (κ3) is 10.5. The van der Waals surface area contributed by atoms with Gasteiger partial charge in [-0.1, -0.05) is 102 Å². The number of H-pyrrole nitrogens is 1. The van der Waals surface area contributed by atoms with Gasteiger partial charge in [-0.05, 0) is 96.4 Å². The molecule has 0 bridgehead atoms. The van der Waals surface area contributed by atoms with Crippen LogP contribution in [0.15, 0.2) is 113 Å². The molecule has 0 spiro atoms. The average Bonchev–Trinajstić information content (AvgIpc) is 3.61. The molecule has 0 aliphatic rings. The van der Waals surface area contributed by atoms with Gasteiger partial charge >= 0.3 is 0 Å². The zero-order valence-electron chi connectivity index (χ0n) is 31.9. The van der Waals surface area contributed by atoms with Crippen LogP contribution in [0.3, 0.4) is 0 Å². The molecule has 0 saturated carbocycles. The monoisotopic (exact) mass is 823 g/mol. The Kier molecular flexibility index (Phi) is 14.3. The first kappa shape index (κ1) is 41.7. The maximum Gasteiger partial charge on any atom is 0.245 e. The van der Waals surface area contributed by atoms with Gasteiger partial charge < -0.3 is 32.0 Å². The quantitative estimate of drug-likeness (QED) is 0.0567. The Hall–Kier alpha value is -4.91. The van der Waals surface area contributed by atoms with E-state index in [-0.39, 0.29) is 12.3 Å². The minimum Gasteiger partial charge on any atom is -0.368 e. The van der Waals surface area contributed by atoms with E-state index in [0.717, 1.165) is 53.9 Å². The second kappa shape index (κ2) is 19.5.